The van der Waals surface area contributed by atoms with Crippen molar-refractivity contribution in [1.29, 1.82) is 0 Å². The fourth-order valence-corrected chi connectivity index (χ4v) is 2.24. The SMILES string of the molecule is CC1=Nc2ccccc2Cc2ccccc21. The van der Waals surface area contributed by atoms with E-state index in [2.05, 4.69) is 49.4 Å². The molecule has 0 saturated carbocycles. The van der Waals surface area contributed by atoms with Crippen molar-refractivity contribution in [2.45, 2.75) is 13.3 Å². The number of fused-ring (bicyclic) bond motifs is 2. The molecule has 0 amide bonds. The molecule has 1 aliphatic heterocycles. The van der Waals surface area contributed by atoms with Gasteiger partial charge in [-0.15, -0.1) is 0 Å². The van der Waals surface area contributed by atoms with E-state index in [0.717, 1.165) is 17.8 Å². The maximum atomic E-state index is 4.70. The molecule has 0 aromatic heterocycles. The zero-order chi connectivity index (χ0) is 11.0. The zero-order valence-electron chi connectivity index (χ0n) is 9.27. The van der Waals surface area contributed by atoms with Crippen molar-refractivity contribution < 1.29 is 0 Å². The van der Waals surface area contributed by atoms with Crippen LogP contribution in [0.4, 0.5) is 5.69 Å². The van der Waals surface area contributed by atoms with Gasteiger partial charge in [-0.2, -0.15) is 0 Å². The second kappa shape index (κ2) is 3.60. The molecular formula is C15H13N. The first-order chi connectivity index (χ1) is 7.84. The molecule has 0 unspecified atom stereocenters. The molecule has 2 aromatic rings. The summed E-state index contributed by atoms with van der Waals surface area (Å²) in [6, 6.07) is 16.9. The molecule has 1 heteroatoms. The maximum Gasteiger partial charge on any atom is 0.0668 e. The molecule has 0 saturated heterocycles. The number of hydrogen-bond acceptors (Lipinski definition) is 1. The predicted molar refractivity (Wildman–Crippen MR) is 67.6 cm³/mol. The molecule has 1 nitrogen and oxygen atoms in total. The van der Waals surface area contributed by atoms with Crippen LogP contribution in [0, 0.1) is 0 Å². The highest BCUT2D eigenvalue weighted by Crippen LogP contribution is 2.28. The van der Waals surface area contributed by atoms with E-state index in [9.17, 15) is 0 Å². The Labute approximate surface area is 95.5 Å². The summed E-state index contributed by atoms with van der Waals surface area (Å²) in [6.07, 6.45) is 0.979. The van der Waals surface area contributed by atoms with Crippen molar-refractivity contribution in [2.24, 2.45) is 4.99 Å². The number of benzene rings is 2. The number of para-hydroxylation sites is 1. The number of hydrogen-bond donors (Lipinski definition) is 0. The van der Waals surface area contributed by atoms with Gasteiger partial charge in [0, 0.05) is 12.1 Å². The lowest BCUT2D eigenvalue weighted by atomic mass is 9.98. The van der Waals surface area contributed by atoms with Crippen LogP contribution in [-0.2, 0) is 6.42 Å². The van der Waals surface area contributed by atoms with Gasteiger partial charge in [0.1, 0.15) is 0 Å². The van der Waals surface area contributed by atoms with E-state index in [-0.39, 0.29) is 0 Å². The average molecular weight is 207 g/mol. The van der Waals surface area contributed by atoms with Gasteiger partial charge in [0.05, 0.1) is 5.69 Å². The third-order valence-corrected chi connectivity index (χ3v) is 3.07. The molecule has 0 fully saturated rings. The summed E-state index contributed by atoms with van der Waals surface area (Å²) in [5, 5.41) is 0. The van der Waals surface area contributed by atoms with Crippen LogP contribution in [0.5, 0.6) is 0 Å². The highest BCUT2D eigenvalue weighted by molar-refractivity contribution is 6.02. The summed E-state index contributed by atoms with van der Waals surface area (Å²) in [4.78, 5) is 4.70. The van der Waals surface area contributed by atoms with Crippen LogP contribution < -0.4 is 0 Å². The van der Waals surface area contributed by atoms with Gasteiger partial charge in [-0.1, -0.05) is 42.5 Å². The lowest BCUT2D eigenvalue weighted by molar-refractivity contribution is 1.19. The van der Waals surface area contributed by atoms with Crippen molar-refractivity contribution in [3.8, 4) is 0 Å². The minimum Gasteiger partial charge on any atom is -0.253 e. The Kier molecular flexibility index (Phi) is 2.10. The molecule has 0 spiro atoms. The normalized spacial score (nSPS) is 13.4. The van der Waals surface area contributed by atoms with E-state index in [4.69, 9.17) is 4.99 Å². The Bertz CT molecular complexity index is 567. The number of aliphatic imine (C=N–C) groups is 1. The van der Waals surface area contributed by atoms with Gasteiger partial charge < -0.3 is 0 Å². The van der Waals surface area contributed by atoms with Crippen molar-refractivity contribution in [2.75, 3.05) is 0 Å². The highest BCUT2D eigenvalue weighted by Gasteiger charge is 2.12. The molecule has 16 heavy (non-hydrogen) atoms. The van der Waals surface area contributed by atoms with Gasteiger partial charge in [-0.25, -0.2) is 0 Å². The Morgan fingerprint density at radius 2 is 1.56 bits per heavy atom. The Hall–Kier alpha value is -1.89. The molecule has 0 atom stereocenters. The standard InChI is InChI=1S/C15H13N/c1-11-14-8-4-2-6-12(14)10-13-7-3-5-9-15(13)16-11/h2-9H,10H2,1H3. The maximum absolute atomic E-state index is 4.70. The lowest BCUT2D eigenvalue weighted by Gasteiger charge is -2.05. The molecule has 1 heterocycles. The first-order valence-electron chi connectivity index (χ1n) is 5.56. The van der Waals surface area contributed by atoms with Crippen LogP contribution in [0.1, 0.15) is 23.6 Å². The highest BCUT2D eigenvalue weighted by atomic mass is 14.8. The van der Waals surface area contributed by atoms with Crippen LogP contribution >= 0.6 is 0 Å². The lowest BCUT2D eigenvalue weighted by Crippen LogP contribution is -1.97. The van der Waals surface area contributed by atoms with E-state index in [1.54, 1.807) is 0 Å². The largest absolute Gasteiger partial charge is 0.253 e. The zero-order valence-corrected chi connectivity index (χ0v) is 9.27. The summed E-state index contributed by atoms with van der Waals surface area (Å²) < 4.78 is 0. The second-order valence-electron chi connectivity index (χ2n) is 4.16. The van der Waals surface area contributed by atoms with Crippen molar-refractivity contribution in [3.63, 3.8) is 0 Å². The van der Waals surface area contributed by atoms with Crippen molar-refractivity contribution >= 4 is 11.4 Å². The monoisotopic (exact) mass is 207 g/mol. The van der Waals surface area contributed by atoms with Gasteiger partial charge in [0.25, 0.3) is 0 Å². The Morgan fingerprint density at radius 3 is 2.44 bits per heavy atom. The topological polar surface area (TPSA) is 12.4 Å². The average Bonchev–Trinajstić information content (AvgIpc) is 2.45. The first kappa shape index (κ1) is 9.34. The van der Waals surface area contributed by atoms with Gasteiger partial charge in [-0.3, -0.25) is 4.99 Å². The second-order valence-corrected chi connectivity index (χ2v) is 4.16. The molecule has 0 radical (unpaired) electrons. The van der Waals surface area contributed by atoms with Crippen LogP contribution in [0.2, 0.25) is 0 Å². The van der Waals surface area contributed by atoms with E-state index >= 15 is 0 Å². The van der Waals surface area contributed by atoms with E-state index in [0.29, 0.717) is 0 Å². The van der Waals surface area contributed by atoms with Crippen LogP contribution in [0.3, 0.4) is 0 Å². The Balaban J connectivity index is 2.25. The summed E-state index contributed by atoms with van der Waals surface area (Å²) in [5.41, 5.74) is 6.18. The van der Waals surface area contributed by atoms with E-state index in [1.807, 2.05) is 6.07 Å². The number of rotatable bonds is 0. The molecule has 2 aromatic carbocycles. The first-order valence-corrected chi connectivity index (χ1v) is 5.56. The molecular weight excluding hydrogens is 194 g/mol. The quantitative estimate of drug-likeness (QED) is 0.624. The fraction of sp³-hybridized carbons (Fsp3) is 0.133. The van der Waals surface area contributed by atoms with Crippen LogP contribution in [-0.4, -0.2) is 5.71 Å². The third-order valence-electron chi connectivity index (χ3n) is 3.07. The summed E-state index contributed by atoms with van der Waals surface area (Å²) in [6.45, 7) is 2.08. The minimum atomic E-state index is 0.979. The van der Waals surface area contributed by atoms with Crippen molar-refractivity contribution in [1.82, 2.24) is 0 Å². The molecule has 0 aliphatic carbocycles. The number of nitrogens with zero attached hydrogens (tertiary/aromatic N) is 1. The molecule has 78 valence electrons. The van der Waals surface area contributed by atoms with E-state index < -0.39 is 0 Å². The van der Waals surface area contributed by atoms with Crippen LogP contribution in [0.15, 0.2) is 53.5 Å². The molecule has 3 rings (SSSR count). The van der Waals surface area contributed by atoms with Gasteiger partial charge in [-0.05, 0) is 29.7 Å². The smallest absolute Gasteiger partial charge is 0.0668 e. The van der Waals surface area contributed by atoms with Gasteiger partial charge in [0.15, 0.2) is 0 Å². The molecule has 0 N–H and O–H groups in total. The summed E-state index contributed by atoms with van der Waals surface area (Å²) in [7, 11) is 0. The minimum absolute atomic E-state index is 0.979. The van der Waals surface area contributed by atoms with Gasteiger partial charge >= 0.3 is 0 Å². The Morgan fingerprint density at radius 1 is 0.875 bits per heavy atom. The summed E-state index contributed by atoms with van der Waals surface area (Å²) in [5.74, 6) is 0. The van der Waals surface area contributed by atoms with Gasteiger partial charge in [0.2, 0.25) is 0 Å². The van der Waals surface area contributed by atoms with E-state index in [1.165, 1.54) is 16.7 Å². The fourth-order valence-electron chi connectivity index (χ4n) is 2.24. The predicted octanol–water partition coefficient (Wildman–Crippen LogP) is 3.73. The molecule has 0 bridgehead atoms. The molecule has 1 aliphatic rings. The summed E-state index contributed by atoms with van der Waals surface area (Å²) >= 11 is 0. The third kappa shape index (κ3) is 1.45. The van der Waals surface area contributed by atoms with Crippen molar-refractivity contribution in [3.05, 3.63) is 65.2 Å². The van der Waals surface area contributed by atoms with Crippen LogP contribution in [0.25, 0.3) is 0 Å².